The molecular formula is C19H26FN3O2. The smallest absolute Gasteiger partial charge is 0.310 e. The van der Waals surface area contributed by atoms with E-state index in [2.05, 4.69) is 22.1 Å². The molecule has 0 aromatic heterocycles. The molecule has 5 nitrogen and oxygen atoms in total. The van der Waals surface area contributed by atoms with Crippen molar-refractivity contribution < 1.29 is 13.9 Å². The molecule has 0 radical (unpaired) electrons. The summed E-state index contributed by atoms with van der Waals surface area (Å²) in [4.78, 5) is 18.6. The van der Waals surface area contributed by atoms with Crippen LogP contribution in [0.2, 0.25) is 0 Å². The van der Waals surface area contributed by atoms with E-state index in [0.29, 0.717) is 13.1 Å². The summed E-state index contributed by atoms with van der Waals surface area (Å²) in [6, 6.07) is 7.14. The molecule has 136 valence electrons. The number of ether oxygens (including phenoxy) is 1. The maximum absolute atomic E-state index is 14.0. The van der Waals surface area contributed by atoms with E-state index in [0.717, 1.165) is 24.5 Å². The van der Waals surface area contributed by atoms with E-state index in [1.54, 1.807) is 6.07 Å². The molecule has 3 rings (SSSR count). The number of hydrogen-bond acceptors (Lipinski definition) is 3. The van der Waals surface area contributed by atoms with Crippen LogP contribution in [0.25, 0.3) is 0 Å². The summed E-state index contributed by atoms with van der Waals surface area (Å²) in [5.41, 5.74) is 0.762. The Balaban J connectivity index is 1.65. The molecule has 2 fully saturated rings. The average molecular weight is 347 g/mol. The number of benzene rings is 1. The second-order valence-corrected chi connectivity index (χ2v) is 6.92. The Morgan fingerprint density at radius 2 is 2.16 bits per heavy atom. The standard InChI is InChI=1S/C19H26FN3O2/c1-4-21-19(23-10-12(2)15(11-23)18(24)25-3)22-17-9-14(17)13-7-5-6-8-16(13)20/h5-8,12,14-15,17H,4,9-11H2,1-3H3,(H,21,22). The fourth-order valence-electron chi connectivity index (χ4n) is 3.62. The zero-order valence-electron chi connectivity index (χ0n) is 15.0. The topological polar surface area (TPSA) is 53.9 Å². The number of nitrogens with one attached hydrogen (secondary N) is 1. The highest BCUT2D eigenvalue weighted by Crippen LogP contribution is 2.42. The molecule has 1 N–H and O–H groups in total. The first-order chi connectivity index (χ1) is 12.0. The fraction of sp³-hybridized carbons (Fsp3) is 0.579. The van der Waals surface area contributed by atoms with Crippen LogP contribution in [0.4, 0.5) is 4.39 Å². The maximum atomic E-state index is 14.0. The first kappa shape index (κ1) is 17.7. The number of aliphatic imine (C=N–C) groups is 1. The summed E-state index contributed by atoms with van der Waals surface area (Å²) in [7, 11) is 1.43. The van der Waals surface area contributed by atoms with Crippen molar-refractivity contribution in [3.8, 4) is 0 Å². The number of esters is 1. The molecule has 1 saturated heterocycles. The summed E-state index contributed by atoms with van der Waals surface area (Å²) in [5, 5.41) is 3.46. The van der Waals surface area contributed by atoms with E-state index >= 15 is 0 Å². The average Bonchev–Trinajstić information content (AvgIpc) is 3.25. The third-order valence-corrected chi connectivity index (χ3v) is 5.13. The number of nitrogens with zero attached hydrogens (tertiary/aromatic N) is 2. The van der Waals surface area contributed by atoms with Crippen LogP contribution in [0, 0.1) is 17.7 Å². The largest absolute Gasteiger partial charge is 0.469 e. The Morgan fingerprint density at radius 1 is 1.40 bits per heavy atom. The molecule has 4 atom stereocenters. The Labute approximate surface area is 148 Å². The number of methoxy groups -OCH3 is 1. The molecule has 25 heavy (non-hydrogen) atoms. The second-order valence-electron chi connectivity index (χ2n) is 6.92. The van der Waals surface area contributed by atoms with Gasteiger partial charge in [-0.15, -0.1) is 0 Å². The minimum Gasteiger partial charge on any atom is -0.469 e. The minimum absolute atomic E-state index is 0.129. The molecule has 0 spiro atoms. The molecular weight excluding hydrogens is 321 g/mol. The van der Waals surface area contributed by atoms with Crippen molar-refractivity contribution in [1.82, 2.24) is 10.2 Å². The van der Waals surface area contributed by atoms with Crippen LogP contribution in [-0.4, -0.2) is 49.6 Å². The molecule has 4 unspecified atom stereocenters. The van der Waals surface area contributed by atoms with Gasteiger partial charge in [-0.05, 0) is 30.9 Å². The van der Waals surface area contributed by atoms with Gasteiger partial charge in [0, 0.05) is 31.6 Å². The maximum Gasteiger partial charge on any atom is 0.310 e. The third-order valence-electron chi connectivity index (χ3n) is 5.13. The summed E-state index contributed by atoms with van der Waals surface area (Å²) in [6.45, 7) is 6.08. The van der Waals surface area contributed by atoms with Gasteiger partial charge in [-0.2, -0.15) is 0 Å². The monoisotopic (exact) mass is 347 g/mol. The van der Waals surface area contributed by atoms with E-state index in [1.807, 2.05) is 19.1 Å². The molecule has 0 amide bonds. The zero-order chi connectivity index (χ0) is 18.0. The Bertz CT molecular complexity index is 664. The van der Waals surface area contributed by atoms with Crippen molar-refractivity contribution in [2.24, 2.45) is 16.8 Å². The van der Waals surface area contributed by atoms with Gasteiger partial charge in [0.15, 0.2) is 5.96 Å². The summed E-state index contributed by atoms with van der Waals surface area (Å²) < 4.78 is 18.9. The first-order valence-corrected chi connectivity index (χ1v) is 8.93. The van der Waals surface area contributed by atoms with Crippen molar-refractivity contribution in [2.75, 3.05) is 26.7 Å². The zero-order valence-corrected chi connectivity index (χ0v) is 15.0. The number of halogens is 1. The fourth-order valence-corrected chi connectivity index (χ4v) is 3.62. The van der Waals surface area contributed by atoms with Crippen LogP contribution in [-0.2, 0) is 9.53 Å². The van der Waals surface area contributed by atoms with Crippen LogP contribution in [0.15, 0.2) is 29.3 Å². The highest BCUT2D eigenvalue weighted by Gasteiger charge is 2.43. The quantitative estimate of drug-likeness (QED) is 0.516. The van der Waals surface area contributed by atoms with Gasteiger partial charge in [0.25, 0.3) is 0 Å². The van der Waals surface area contributed by atoms with Gasteiger partial charge in [-0.3, -0.25) is 9.79 Å². The normalized spacial score (nSPS) is 28.8. The van der Waals surface area contributed by atoms with Crippen molar-refractivity contribution >= 4 is 11.9 Å². The lowest BCUT2D eigenvalue weighted by molar-refractivity contribution is -0.145. The second kappa shape index (κ2) is 7.42. The van der Waals surface area contributed by atoms with Gasteiger partial charge < -0.3 is 15.0 Å². The van der Waals surface area contributed by atoms with Crippen LogP contribution >= 0.6 is 0 Å². The number of guanidine groups is 1. The Kier molecular flexibility index (Phi) is 5.25. The van der Waals surface area contributed by atoms with Gasteiger partial charge in [0.2, 0.25) is 0 Å². The van der Waals surface area contributed by atoms with Crippen LogP contribution in [0.5, 0.6) is 0 Å². The molecule has 2 aliphatic rings. The summed E-state index contributed by atoms with van der Waals surface area (Å²) >= 11 is 0. The van der Waals surface area contributed by atoms with Gasteiger partial charge in [0.1, 0.15) is 5.82 Å². The van der Waals surface area contributed by atoms with E-state index in [1.165, 1.54) is 13.2 Å². The van der Waals surface area contributed by atoms with E-state index in [-0.39, 0.29) is 35.6 Å². The third kappa shape index (κ3) is 3.78. The van der Waals surface area contributed by atoms with Crippen LogP contribution < -0.4 is 5.32 Å². The first-order valence-electron chi connectivity index (χ1n) is 8.93. The lowest BCUT2D eigenvalue weighted by atomic mass is 9.99. The van der Waals surface area contributed by atoms with Gasteiger partial charge >= 0.3 is 5.97 Å². The predicted octanol–water partition coefficient (Wildman–Crippen LogP) is 2.39. The molecule has 1 aromatic carbocycles. The molecule has 1 aliphatic heterocycles. The molecule has 6 heteroatoms. The molecule has 1 aliphatic carbocycles. The summed E-state index contributed by atoms with van der Waals surface area (Å²) in [5.74, 6) is 0.769. The number of rotatable bonds is 4. The number of carbonyl (C=O) groups is 1. The summed E-state index contributed by atoms with van der Waals surface area (Å²) in [6.07, 6.45) is 0.896. The SMILES string of the molecule is CCN=C(NC1CC1c1ccccc1F)N1CC(C)C(C(=O)OC)C1. The lowest BCUT2D eigenvalue weighted by Crippen LogP contribution is -2.42. The van der Waals surface area contributed by atoms with E-state index < -0.39 is 0 Å². The molecule has 1 aromatic rings. The minimum atomic E-state index is -0.165. The molecule has 0 bridgehead atoms. The van der Waals surface area contributed by atoms with Crippen molar-refractivity contribution in [1.29, 1.82) is 0 Å². The predicted molar refractivity (Wildman–Crippen MR) is 94.9 cm³/mol. The van der Waals surface area contributed by atoms with Gasteiger partial charge in [-0.1, -0.05) is 25.1 Å². The van der Waals surface area contributed by atoms with E-state index in [9.17, 15) is 9.18 Å². The highest BCUT2D eigenvalue weighted by molar-refractivity contribution is 5.83. The van der Waals surface area contributed by atoms with Crippen molar-refractivity contribution in [3.05, 3.63) is 35.6 Å². The lowest BCUT2D eigenvalue weighted by Gasteiger charge is -2.22. The van der Waals surface area contributed by atoms with Gasteiger partial charge in [-0.25, -0.2) is 4.39 Å². The number of carbonyl (C=O) groups excluding carboxylic acids is 1. The number of hydrogen-bond donors (Lipinski definition) is 1. The highest BCUT2D eigenvalue weighted by atomic mass is 19.1. The van der Waals surface area contributed by atoms with E-state index in [4.69, 9.17) is 4.74 Å². The Hall–Kier alpha value is -2.11. The van der Waals surface area contributed by atoms with Crippen LogP contribution in [0.1, 0.15) is 31.7 Å². The number of likely N-dealkylation sites (tertiary alicyclic amines) is 1. The Morgan fingerprint density at radius 3 is 2.84 bits per heavy atom. The van der Waals surface area contributed by atoms with Crippen LogP contribution in [0.3, 0.4) is 0 Å². The molecule has 1 saturated carbocycles. The van der Waals surface area contributed by atoms with Gasteiger partial charge in [0.05, 0.1) is 13.0 Å². The van der Waals surface area contributed by atoms with Crippen molar-refractivity contribution in [3.63, 3.8) is 0 Å². The van der Waals surface area contributed by atoms with Crippen molar-refractivity contribution in [2.45, 2.75) is 32.2 Å². The molecule has 1 heterocycles.